The molecule has 0 atom stereocenters. The van der Waals surface area contributed by atoms with Crippen molar-refractivity contribution in [3.05, 3.63) is 35.4 Å². The molecule has 0 spiro atoms. The van der Waals surface area contributed by atoms with Gasteiger partial charge >= 0.3 is 0 Å². The van der Waals surface area contributed by atoms with E-state index in [2.05, 4.69) is 43.4 Å². The summed E-state index contributed by atoms with van der Waals surface area (Å²) in [5.41, 5.74) is 3.06. The Bertz CT molecular complexity index is 371. The molecule has 1 aromatic carbocycles. The molecule has 0 bridgehead atoms. The molecule has 1 N–H and O–H groups in total. The number of nitrogens with one attached hydrogen (secondary N) is 1. The zero-order chi connectivity index (χ0) is 13.5. The quantitative estimate of drug-likeness (QED) is 0.682. The summed E-state index contributed by atoms with van der Waals surface area (Å²) in [6.07, 6.45) is 5.46. The summed E-state index contributed by atoms with van der Waals surface area (Å²) in [5.74, 6) is 0.845. The molecule has 0 heterocycles. The van der Waals surface area contributed by atoms with E-state index in [1.54, 1.807) is 5.56 Å². The van der Waals surface area contributed by atoms with Crippen molar-refractivity contribution in [1.82, 2.24) is 5.32 Å². The van der Waals surface area contributed by atoms with Gasteiger partial charge in [-0.05, 0) is 63.1 Å². The van der Waals surface area contributed by atoms with Crippen LogP contribution in [0.15, 0.2) is 24.3 Å². The molecule has 1 aliphatic carbocycles. The van der Waals surface area contributed by atoms with E-state index in [0.29, 0.717) is 6.10 Å². The second-order valence-corrected chi connectivity index (χ2v) is 5.78. The maximum atomic E-state index is 5.54. The number of rotatable bonds is 9. The monoisotopic (exact) mass is 261 g/mol. The molecular weight excluding hydrogens is 234 g/mol. The fraction of sp³-hybridized carbons (Fsp3) is 0.647. The second-order valence-electron chi connectivity index (χ2n) is 5.78. The lowest BCUT2D eigenvalue weighted by atomic mass is 10.0. The van der Waals surface area contributed by atoms with Crippen molar-refractivity contribution in [2.24, 2.45) is 0 Å². The second kappa shape index (κ2) is 7.66. The third-order valence-corrected chi connectivity index (χ3v) is 3.59. The molecule has 0 saturated heterocycles. The number of unbranched alkanes of at least 4 members (excludes halogenated alkanes) is 1. The van der Waals surface area contributed by atoms with Gasteiger partial charge in [0.15, 0.2) is 0 Å². The van der Waals surface area contributed by atoms with Crippen LogP contribution >= 0.6 is 0 Å². The molecule has 106 valence electrons. The van der Waals surface area contributed by atoms with Crippen LogP contribution in [0.4, 0.5) is 0 Å². The molecule has 0 unspecified atom stereocenters. The first kappa shape index (κ1) is 14.5. The smallest absolute Gasteiger partial charge is 0.0518 e. The number of benzene rings is 1. The number of ether oxygens (including phenoxy) is 1. The predicted molar refractivity (Wildman–Crippen MR) is 80.4 cm³/mol. The molecular formula is C17H27NO. The maximum Gasteiger partial charge on any atom is 0.0518 e. The molecule has 1 saturated carbocycles. The Morgan fingerprint density at radius 3 is 2.74 bits per heavy atom. The lowest BCUT2D eigenvalue weighted by Crippen LogP contribution is -2.16. The Balaban J connectivity index is 1.60. The van der Waals surface area contributed by atoms with Crippen LogP contribution < -0.4 is 5.32 Å². The van der Waals surface area contributed by atoms with E-state index >= 15 is 0 Å². The van der Waals surface area contributed by atoms with Crippen LogP contribution in [0.3, 0.4) is 0 Å². The van der Waals surface area contributed by atoms with Crippen LogP contribution in [0.1, 0.15) is 56.6 Å². The van der Waals surface area contributed by atoms with Crippen molar-refractivity contribution in [3.8, 4) is 0 Å². The van der Waals surface area contributed by atoms with Crippen LogP contribution in [-0.2, 0) is 11.3 Å². The predicted octanol–water partition coefficient (Wildman–Crippen LogP) is 3.86. The van der Waals surface area contributed by atoms with Gasteiger partial charge in [0.05, 0.1) is 6.10 Å². The van der Waals surface area contributed by atoms with Gasteiger partial charge in [-0.1, -0.05) is 24.3 Å². The van der Waals surface area contributed by atoms with E-state index in [4.69, 9.17) is 4.74 Å². The first-order valence-corrected chi connectivity index (χ1v) is 7.67. The minimum atomic E-state index is 0.360. The normalized spacial score (nSPS) is 15.1. The van der Waals surface area contributed by atoms with Gasteiger partial charge in [0.1, 0.15) is 0 Å². The van der Waals surface area contributed by atoms with Crippen molar-refractivity contribution in [1.29, 1.82) is 0 Å². The highest BCUT2D eigenvalue weighted by atomic mass is 16.5. The zero-order valence-corrected chi connectivity index (χ0v) is 12.3. The molecule has 2 heteroatoms. The summed E-state index contributed by atoms with van der Waals surface area (Å²) in [4.78, 5) is 0. The molecule has 0 aliphatic heterocycles. The average Bonchev–Trinajstić information content (AvgIpc) is 3.22. The van der Waals surface area contributed by atoms with Crippen LogP contribution in [0, 0.1) is 0 Å². The molecule has 0 radical (unpaired) electrons. The highest BCUT2D eigenvalue weighted by Gasteiger charge is 2.25. The standard InChI is InChI=1S/C17H27NO/c1-14(2)19-12-6-5-11-18-13-16-7-3-4-8-17(16)15-9-10-15/h3-4,7-8,14-15,18H,5-6,9-13H2,1-2H3. The minimum Gasteiger partial charge on any atom is -0.379 e. The maximum absolute atomic E-state index is 5.54. The Hall–Kier alpha value is -0.860. The fourth-order valence-corrected chi connectivity index (χ4v) is 2.38. The summed E-state index contributed by atoms with van der Waals surface area (Å²) < 4.78 is 5.54. The van der Waals surface area contributed by atoms with E-state index in [-0.39, 0.29) is 0 Å². The van der Waals surface area contributed by atoms with Gasteiger partial charge in [-0.25, -0.2) is 0 Å². The van der Waals surface area contributed by atoms with Crippen LogP contribution in [-0.4, -0.2) is 19.3 Å². The lowest BCUT2D eigenvalue weighted by Gasteiger charge is -2.10. The zero-order valence-electron chi connectivity index (χ0n) is 12.3. The molecule has 2 rings (SSSR count). The van der Waals surface area contributed by atoms with Gasteiger partial charge in [-0.15, -0.1) is 0 Å². The van der Waals surface area contributed by atoms with E-state index in [1.165, 1.54) is 24.8 Å². The first-order valence-electron chi connectivity index (χ1n) is 7.67. The molecule has 0 amide bonds. The Kier molecular flexibility index (Phi) is 5.87. The SMILES string of the molecule is CC(C)OCCCCNCc1ccccc1C1CC1. The van der Waals surface area contributed by atoms with Crippen molar-refractivity contribution in [2.75, 3.05) is 13.2 Å². The first-order chi connectivity index (χ1) is 9.27. The minimum absolute atomic E-state index is 0.360. The summed E-state index contributed by atoms with van der Waals surface area (Å²) in [6.45, 7) is 7.16. The van der Waals surface area contributed by atoms with Gasteiger partial charge in [0.2, 0.25) is 0 Å². The van der Waals surface area contributed by atoms with Gasteiger partial charge in [0.25, 0.3) is 0 Å². The largest absolute Gasteiger partial charge is 0.379 e. The van der Waals surface area contributed by atoms with Gasteiger partial charge < -0.3 is 10.1 Å². The van der Waals surface area contributed by atoms with Crippen molar-refractivity contribution in [2.45, 2.75) is 58.1 Å². The number of hydrogen-bond donors (Lipinski definition) is 1. The topological polar surface area (TPSA) is 21.3 Å². The van der Waals surface area contributed by atoms with E-state index in [0.717, 1.165) is 32.0 Å². The van der Waals surface area contributed by atoms with Crippen LogP contribution in [0.5, 0.6) is 0 Å². The molecule has 2 nitrogen and oxygen atoms in total. The van der Waals surface area contributed by atoms with Crippen LogP contribution in [0.25, 0.3) is 0 Å². The third-order valence-electron chi connectivity index (χ3n) is 3.59. The van der Waals surface area contributed by atoms with E-state index in [9.17, 15) is 0 Å². The molecule has 0 aromatic heterocycles. The molecule has 19 heavy (non-hydrogen) atoms. The van der Waals surface area contributed by atoms with Gasteiger partial charge in [-0.3, -0.25) is 0 Å². The Labute approximate surface area is 117 Å². The highest BCUT2D eigenvalue weighted by Crippen LogP contribution is 2.41. The average molecular weight is 261 g/mol. The molecule has 1 fully saturated rings. The summed E-state index contributed by atoms with van der Waals surface area (Å²) in [5, 5.41) is 3.56. The molecule has 1 aromatic rings. The van der Waals surface area contributed by atoms with Crippen molar-refractivity contribution < 1.29 is 4.74 Å². The summed E-state index contributed by atoms with van der Waals surface area (Å²) in [7, 11) is 0. The summed E-state index contributed by atoms with van der Waals surface area (Å²) >= 11 is 0. The van der Waals surface area contributed by atoms with E-state index < -0.39 is 0 Å². The Morgan fingerprint density at radius 1 is 1.21 bits per heavy atom. The van der Waals surface area contributed by atoms with E-state index in [1.807, 2.05) is 0 Å². The fourth-order valence-electron chi connectivity index (χ4n) is 2.38. The lowest BCUT2D eigenvalue weighted by molar-refractivity contribution is 0.0760. The number of hydrogen-bond acceptors (Lipinski definition) is 2. The van der Waals surface area contributed by atoms with Crippen LogP contribution in [0.2, 0.25) is 0 Å². The van der Waals surface area contributed by atoms with Crippen molar-refractivity contribution in [3.63, 3.8) is 0 Å². The third kappa shape index (κ3) is 5.33. The van der Waals surface area contributed by atoms with Gasteiger partial charge in [0, 0.05) is 13.2 Å². The summed E-state index contributed by atoms with van der Waals surface area (Å²) in [6, 6.07) is 8.88. The Morgan fingerprint density at radius 2 is 2.00 bits per heavy atom. The highest BCUT2D eigenvalue weighted by molar-refractivity contribution is 5.33. The van der Waals surface area contributed by atoms with Crippen molar-refractivity contribution >= 4 is 0 Å². The molecule has 1 aliphatic rings. The van der Waals surface area contributed by atoms with Gasteiger partial charge in [-0.2, -0.15) is 0 Å².